The molecule has 0 radical (unpaired) electrons. The lowest BCUT2D eigenvalue weighted by Gasteiger charge is -2.14. The van der Waals surface area contributed by atoms with Crippen LogP contribution in [-0.4, -0.2) is 29.5 Å². The highest BCUT2D eigenvalue weighted by Gasteiger charge is 2.20. The van der Waals surface area contributed by atoms with Crippen LogP contribution in [0.4, 0.5) is 5.13 Å². The first-order valence-corrected chi connectivity index (χ1v) is 5.48. The van der Waals surface area contributed by atoms with Gasteiger partial charge in [0.2, 0.25) is 5.13 Å². The first-order chi connectivity index (χ1) is 6.45. The largest absolute Gasteiger partial charge is 0.349 e. The van der Waals surface area contributed by atoms with Gasteiger partial charge in [0.15, 0.2) is 0 Å². The molecule has 14 heavy (non-hydrogen) atoms. The Morgan fingerprint density at radius 1 is 1.43 bits per heavy atom. The Kier molecular flexibility index (Phi) is 3.44. The van der Waals surface area contributed by atoms with Crippen LogP contribution < -0.4 is 10.6 Å². The zero-order valence-corrected chi connectivity index (χ0v) is 10.1. The van der Waals surface area contributed by atoms with Crippen LogP contribution in [0.3, 0.4) is 0 Å². The molecule has 0 unspecified atom stereocenters. The third kappa shape index (κ3) is 2.65. The number of likely N-dealkylation sites (N-methyl/N-ethyl adjacent to an activating group) is 1. The summed E-state index contributed by atoms with van der Waals surface area (Å²) in [7, 11) is 1.99. The van der Waals surface area contributed by atoms with Gasteiger partial charge >= 0.3 is 0 Å². The first kappa shape index (κ1) is 11.4. The Hall–Kier alpha value is -0.680. The van der Waals surface area contributed by atoms with Gasteiger partial charge in [0.1, 0.15) is 5.82 Å². The Balaban J connectivity index is 2.78. The predicted molar refractivity (Wildman–Crippen MR) is 60.9 cm³/mol. The van der Waals surface area contributed by atoms with Crippen molar-refractivity contribution in [3.63, 3.8) is 0 Å². The van der Waals surface area contributed by atoms with Crippen molar-refractivity contribution in [1.29, 1.82) is 0 Å². The fraction of sp³-hybridized carbons (Fsp3) is 0.778. The minimum absolute atomic E-state index is 0.0261. The lowest BCUT2D eigenvalue weighted by Crippen LogP contribution is -2.25. The van der Waals surface area contributed by atoms with E-state index in [4.69, 9.17) is 5.73 Å². The van der Waals surface area contributed by atoms with Gasteiger partial charge in [0.25, 0.3) is 0 Å². The second kappa shape index (κ2) is 4.23. The third-order valence-electron chi connectivity index (χ3n) is 1.88. The van der Waals surface area contributed by atoms with Crippen molar-refractivity contribution >= 4 is 16.7 Å². The average Bonchev–Trinajstić information content (AvgIpc) is 2.51. The van der Waals surface area contributed by atoms with Crippen LogP contribution in [0.25, 0.3) is 0 Å². The van der Waals surface area contributed by atoms with E-state index in [9.17, 15) is 0 Å². The van der Waals surface area contributed by atoms with Crippen molar-refractivity contribution in [3.8, 4) is 0 Å². The topological polar surface area (TPSA) is 55.0 Å². The highest BCUT2D eigenvalue weighted by molar-refractivity contribution is 7.09. The molecule has 0 amide bonds. The first-order valence-electron chi connectivity index (χ1n) is 4.70. The van der Waals surface area contributed by atoms with Crippen molar-refractivity contribution in [2.45, 2.75) is 26.2 Å². The number of anilines is 1. The quantitative estimate of drug-likeness (QED) is 0.822. The summed E-state index contributed by atoms with van der Waals surface area (Å²) in [6, 6.07) is 0. The molecule has 1 aromatic heterocycles. The molecule has 0 atom stereocenters. The molecule has 5 heteroatoms. The normalized spacial score (nSPS) is 11.8. The van der Waals surface area contributed by atoms with Crippen molar-refractivity contribution in [2.24, 2.45) is 5.73 Å². The maximum atomic E-state index is 5.47. The van der Waals surface area contributed by atoms with Crippen molar-refractivity contribution in [2.75, 3.05) is 25.0 Å². The fourth-order valence-electron chi connectivity index (χ4n) is 0.964. The van der Waals surface area contributed by atoms with Gasteiger partial charge in [-0.25, -0.2) is 4.98 Å². The Morgan fingerprint density at radius 3 is 2.50 bits per heavy atom. The fourth-order valence-corrected chi connectivity index (χ4v) is 1.81. The standard InChI is InChI=1S/C9H18N4S/c1-9(2,3)7-11-8(14-12-7)13(4)6-5-10/h5-6,10H2,1-4H3. The molecule has 4 nitrogen and oxygen atoms in total. The summed E-state index contributed by atoms with van der Waals surface area (Å²) in [6.07, 6.45) is 0. The molecule has 1 aromatic rings. The van der Waals surface area contributed by atoms with E-state index in [2.05, 4.69) is 30.1 Å². The lowest BCUT2D eigenvalue weighted by atomic mass is 9.96. The van der Waals surface area contributed by atoms with Gasteiger partial charge in [-0.1, -0.05) is 20.8 Å². The molecule has 1 rings (SSSR count). The summed E-state index contributed by atoms with van der Waals surface area (Å²) in [5, 5.41) is 0.945. The van der Waals surface area contributed by atoms with Crippen molar-refractivity contribution in [3.05, 3.63) is 5.82 Å². The van der Waals surface area contributed by atoms with E-state index in [1.807, 2.05) is 11.9 Å². The van der Waals surface area contributed by atoms with Crippen molar-refractivity contribution in [1.82, 2.24) is 9.36 Å². The highest BCUT2D eigenvalue weighted by Crippen LogP contribution is 2.24. The maximum absolute atomic E-state index is 5.47. The summed E-state index contributed by atoms with van der Waals surface area (Å²) in [6.45, 7) is 7.80. The Bertz CT molecular complexity index is 289. The van der Waals surface area contributed by atoms with Gasteiger partial charge < -0.3 is 10.6 Å². The minimum Gasteiger partial charge on any atom is -0.349 e. The number of nitrogens with two attached hydrogens (primary N) is 1. The molecule has 0 saturated carbocycles. The molecule has 0 saturated heterocycles. The van der Waals surface area contributed by atoms with E-state index in [0.29, 0.717) is 6.54 Å². The van der Waals surface area contributed by atoms with E-state index >= 15 is 0 Å². The van der Waals surface area contributed by atoms with Crippen LogP contribution in [-0.2, 0) is 5.41 Å². The Labute approximate surface area is 89.3 Å². The smallest absolute Gasteiger partial charge is 0.205 e. The molecule has 80 valence electrons. The molecular formula is C9H18N4S. The van der Waals surface area contributed by atoms with Crippen molar-refractivity contribution < 1.29 is 0 Å². The van der Waals surface area contributed by atoms with Crippen LogP contribution in [0.2, 0.25) is 0 Å². The number of rotatable bonds is 3. The van der Waals surface area contributed by atoms with Gasteiger partial charge in [0.05, 0.1) is 0 Å². The summed E-state index contributed by atoms with van der Waals surface area (Å²) >= 11 is 1.43. The van der Waals surface area contributed by atoms with Gasteiger partial charge in [-0.15, -0.1) is 0 Å². The number of hydrogen-bond donors (Lipinski definition) is 1. The van der Waals surface area contributed by atoms with Gasteiger partial charge in [-0.05, 0) is 0 Å². The molecule has 2 N–H and O–H groups in total. The van der Waals surface area contributed by atoms with Crippen LogP contribution in [0.5, 0.6) is 0 Å². The molecule has 0 aliphatic carbocycles. The second-order valence-corrected chi connectivity index (χ2v) is 5.09. The zero-order valence-electron chi connectivity index (χ0n) is 9.24. The molecule has 0 aromatic carbocycles. The number of aromatic nitrogens is 2. The third-order valence-corrected chi connectivity index (χ3v) is 2.71. The second-order valence-electron chi connectivity index (χ2n) is 4.36. The van der Waals surface area contributed by atoms with Crippen LogP contribution in [0.15, 0.2) is 0 Å². The SMILES string of the molecule is CN(CCN)c1nc(C(C)(C)C)ns1. The Morgan fingerprint density at radius 2 is 2.07 bits per heavy atom. The van der Waals surface area contributed by atoms with E-state index < -0.39 is 0 Å². The molecule has 0 bridgehead atoms. The summed E-state index contributed by atoms with van der Waals surface area (Å²) in [5.41, 5.74) is 5.50. The van der Waals surface area contributed by atoms with Crippen LogP contribution >= 0.6 is 11.5 Å². The van der Waals surface area contributed by atoms with E-state index in [1.165, 1.54) is 11.5 Å². The summed E-state index contributed by atoms with van der Waals surface area (Å²) < 4.78 is 4.34. The van der Waals surface area contributed by atoms with Gasteiger partial charge in [0, 0.05) is 37.1 Å². The molecule has 0 aliphatic heterocycles. The molecule has 0 fully saturated rings. The summed E-state index contributed by atoms with van der Waals surface area (Å²) in [4.78, 5) is 6.51. The predicted octanol–water partition coefficient (Wildman–Crippen LogP) is 1.23. The van der Waals surface area contributed by atoms with Gasteiger partial charge in [-0.3, -0.25) is 0 Å². The van der Waals surface area contributed by atoms with E-state index in [0.717, 1.165) is 17.5 Å². The molecule has 1 heterocycles. The van der Waals surface area contributed by atoms with E-state index in [1.54, 1.807) is 0 Å². The average molecular weight is 214 g/mol. The van der Waals surface area contributed by atoms with Crippen LogP contribution in [0, 0.1) is 0 Å². The van der Waals surface area contributed by atoms with Gasteiger partial charge in [-0.2, -0.15) is 4.37 Å². The zero-order chi connectivity index (χ0) is 10.8. The highest BCUT2D eigenvalue weighted by atomic mass is 32.1. The maximum Gasteiger partial charge on any atom is 0.205 e. The monoisotopic (exact) mass is 214 g/mol. The minimum atomic E-state index is 0.0261. The molecule has 0 spiro atoms. The van der Waals surface area contributed by atoms with E-state index in [-0.39, 0.29) is 5.41 Å². The number of hydrogen-bond acceptors (Lipinski definition) is 5. The van der Waals surface area contributed by atoms with Crippen LogP contribution in [0.1, 0.15) is 26.6 Å². The molecule has 0 aliphatic rings. The number of nitrogens with zero attached hydrogens (tertiary/aromatic N) is 3. The lowest BCUT2D eigenvalue weighted by molar-refractivity contribution is 0.554. The summed E-state index contributed by atoms with van der Waals surface area (Å²) in [5.74, 6) is 0.904. The molecular weight excluding hydrogens is 196 g/mol.